The van der Waals surface area contributed by atoms with Crippen LogP contribution in [0.2, 0.25) is 0 Å². The van der Waals surface area contributed by atoms with Gasteiger partial charge in [-0.2, -0.15) is 5.26 Å². The number of fused-ring (bicyclic) bond motifs is 1. The number of hydrogen-bond donors (Lipinski definition) is 1. The van der Waals surface area contributed by atoms with Gasteiger partial charge in [-0.25, -0.2) is 0 Å². The Morgan fingerprint density at radius 3 is 3.05 bits per heavy atom. The normalized spacial score (nSPS) is 19.9. The quantitative estimate of drug-likeness (QED) is 0.855. The van der Waals surface area contributed by atoms with Gasteiger partial charge in [0.15, 0.2) is 4.77 Å². The van der Waals surface area contributed by atoms with Crippen LogP contribution in [0.5, 0.6) is 0 Å². The summed E-state index contributed by atoms with van der Waals surface area (Å²) in [5.41, 5.74) is 2.73. The molecular formula is C14H16N4S. The van der Waals surface area contributed by atoms with E-state index in [2.05, 4.69) is 27.6 Å². The van der Waals surface area contributed by atoms with E-state index in [9.17, 15) is 0 Å². The Bertz CT molecular complexity index is 706. The average Bonchev–Trinajstić information content (AvgIpc) is 2.94. The fraction of sp³-hybridized carbons (Fsp3) is 0.429. The molecule has 4 nitrogen and oxygen atoms in total. The number of rotatable bonds is 2. The number of aromatic nitrogens is 2. The second-order valence-electron chi connectivity index (χ2n) is 5.30. The molecule has 98 valence electrons. The highest BCUT2D eigenvalue weighted by atomic mass is 32.1. The van der Waals surface area contributed by atoms with Crippen molar-refractivity contribution in [3.63, 3.8) is 0 Å². The standard InChI is InChI=1S/C14H16N4S/c1-17-5-4-11(8-17)9-18-13-6-10(7-15)2-3-12(13)16-14(18)19/h2-3,6,11H,4-5,8-9H2,1H3,(H,16,19). The van der Waals surface area contributed by atoms with Crippen molar-refractivity contribution in [2.45, 2.75) is 13.0 Å². The number of aromatic amines is 1. The Morgan fingerprint density at radius 2 is 2.37 bits per heavy atom. The van der Waals surface area contributed by atoms with Crippen molar-refractivity contribution >= 4 is 23.3 Å². The maximum Gasteiger partial charge on any atom is 0.178 e. The van der Waals surface area contributed by atoms with Crippen LogP contribution in [0.4, 0.5) is 0 Å². The van der Waals surface area contributed by atoms with Crippen LogP contribution in [0, 0.1) is 22.0 Å². The predicted octanol–water partition coefficient (Wildman–Crippen LogP) is 2.52. The molecule has 0 spiro atoms. The van der Waals surface area contributed by atoms with E-state index in [1.54, 1.807) is 0 Å². The molecule has 1 aliphatic heterocycles. The van der Waals surface area contributed by atoms with Crippen LogP contribution < -0.4 is 0 Å². The van der Waals surface area contributed by atoms with Gasteiger partial charge in [-0.1, -0.05) is 0 Å². The molecule has 1 aliphatic rings. The van der Waals surface area contributed by atoms with Crippen LogP contribution in [-0.2, 0) is 6.54 Å². The van der Waals surface area contributed by atoms with Crippen molar-refractivity contribution in [3.05, 3.63) is 28.5 Å². The van der Waals surface area contributed by atoms with E-state index in [-0.39, 0.29) is 0 Å². The third kappa shape index (κ3) is 2.29. The first-order valence-corrected chi connectivity index (χ1v) is 6.89. The highest BCUT2D eigenvalue weighted by Gasteiger charge is 2.20. The van der Waals surface area contributed by atoms with E-state index in [1.165, 1.54) is 6.42 Å². The third-order valence-corrected chi connectivity index (χ3v) is 4.16. The molecule has 1 unspecified atom stereocenters. The van der Waals surface area contributed by atoms with E-state index >= 15 is 0 Å². The van der Waals surface area contributed by atoms with Crippen LogP contribution in [-0.4, -0.2) is 34.6 Å². The van der Waals surface area contributed by atoms with Gasteiger partial charge >= 0.3 is 0 Å². The minimum absolute atomic E-state index is 0.640. The molecule has 0 aliphatic carbocycles. The average molecular weight is 272 g/mol. The molecule has 5 heteroatoms. The van der Waals surface area contributed by atoms with Crippen molar-refractivity contribution in [1.82, 2.24) is 14.5 Å². The summed E-state index contributed by atoms with van der Waals surface area (Å²) in [6.07, 6.45) is 1.21. The molecule has 1 saturated heterocycles. The Labute approximate surface area is 117 Å². The Balaban J connectivity index is 2.00. The molecule has 0 amide bonds. The van der Waals surface area contributed by atoms with E-state index in [1.807, 2.05) is 18.2 Å². The summed E-state index contributed by atoms with van der Waals surface area (Å²) in [4.78, 5) is 5.57. The minimum Gasteiger partial charge on any atom is -0.331 e. The number of likely N-dealkylation sites (tertiary alicyclic amines) is 1. The Morgan fingerprint density at radius 1 is 1.53 bits per heavy atom. The van der Waals surface area contributed by atoms with Gasteiger partial charge in [-0.3, -0.25) is 0 Å². The summed E-state index contributed by atoms with van der Waals surface area (Å²) in [7, 11) is 2.16. The van der Waals surface area contributed by atoms with E-state index in [0.717, 1.165) is 35.4 Å². The summed E-state index contributed by atoms with van der Waals surface area (Å²) in [6.45, 7) is 3.20. The monoisotopic (exact) mass is 272 g/mol. The van der Waals surface area contributed by atoms with Crippen molar-refractivity contribution in [3.8, 4) is 6.07 Å². The molecule has 1 aromatic carbocycles. The molecule has 2 aromatic rings. The third-order valence-electron chi connectivity index (χ3n) is 3.83. The Kier molecular flexibility index (Phi) is 3.13. The van der Waals surface area contributed by atoms with E-state index in [4.69, 9.17) is 17.5 Å². The lowest BCUT2D eigenvalue weighted by Gasteiger charge is -2.12. The number of H-pyrrole nitrogens is 1. The highest BCUT2D eigenvalue weighted by molar-refractivity contribution is 7.71. The van der Waals surface area contributed by atoms with Gasteiger partial charge < -0.3 is 14.5 Å². The number of nitriles is 1. The van der Waals surface area contributed by atoms with Gasteiger partial charge in [0.1, 0.15) is 0 Å². The first-order chi connectivity index (χ1) is 9.17. The zero-order valence-corrected chi connectivity index (χ0v) is 11.7. The van der Waals surface area contributed by atoms with Crippen LogP contribution >= 0.6 is 12.2 Å². The fourth-order valence-electron chi connectivity index (χ4n) is 2.84. The molecular weight excluding hydrogens is 256 g/mol. The number of imidazole rings is 1. The van der Waals surface area contributed by atoms with E-state index in [0.29, 0.717) is 11.5 Å². The second kappa shape index (κ2) is 4.80. The van der Waals surface area contributed by atoms with Gasteiger partial charge in [-0.05, 0) is 56.3 Å². The molecule has 1 N–H and O–H groups in total. The Hall–Kier alpha value is -1.64. The molecule has 1 atom stereocenters. The van der Waals surface area contributed by atoms with Crippen LogP contribution in [0.25, 0.3) is 11.0 Å². The maximum atomic E-state index is 9.01. The molecule has 1 aromatic heterocycles. The largest absolute Gasteiger partial charge is 0.331 e. The summed E-state index contributed by atoms with van der Waals surface area (Å²) in [6, 6.07) is 7.86. The van der Waals surface area contributed by atoms with Gasteiger partial charge in [-0.15, -0.1) is 0 Å². The lowest BCUT2D eigenvalue weighted by molar-refractivity contribution is 0.379. The van der Waals surface area contributed by atoms with Gasteiger partial charge in [0.2, 0.25) is 0 Å². The molecule has 3 rings (SSSR count). The summed E-state index contributed by atoms with van der Waals surface area (Å²) in [5.74, 6) is 0.640. The molecule has 0 saturated carbocycles. The zero-order chi connectivity index (χ0) is 13.4. The van der Waals surface area contributed by atoms with Crippen molar-refractivity contribution in [2.24, 2.45) is 5.92 Å². The molecule has 19 heavy (non-hydrogen) atoms. The number of benzene rings is 1. The number of hydrogen-bond acceptors (Lipinski definition) is 3. The summed E-state index contributed by atoms with van der Waals surface area (Å²) < 4.78 is 2.88. The summed E-state index contributed by atoms with van der Waals surface area (Å²) >= 11 is 5.41. The first-order valence-electron chi connectivity index (χ1n) is 6.48. The predicted molar refractivity (Wildman–Crippen MR) is 77.4 cm³/mol. The second-order valence-corrected chi connectivity index (χ2v) is 5.69. The highest BCUT2D eigenvalue weighted by Crippen LogP contribution is 2.21. The van der Waals surface area contributed by atoms with E-state index < -0.39 is 0 Å². The minimum atomic E-state index is 0.640. The lowest BCUT2D eigenvalue weighted by atomic mass is 10.1. The fourth-order valence-corrected chi connectivity index (χ4v) is 3.12. The summed E-state index contributed by atoms with van der Waals surface area (Å²) in [5, 5.41) is 9.01. The maximum absolute atomic E-state index is 9.01. The van der Waals surface area contributed by atoms with Crippen LogP contribution in [0.15, 0.2) is 18.2 Å². The number of nitrogens with zero attached hydrogens (tertiary/aromatic N) is 3. The lowest BCUT2D eigenvalue weighted by Crippen LogP contribution is -2.17. The molecule has 2 heterocycles. The number of nitrogens with one attached hydrogen (secondary N) is 1. The topological polar surface area (TPSA) is 47.8 Å². The molecule has 1 fully saturated rings. The van der Waals surface area contributed by atoms with Crippen LogP contribution in [0.1, 0.15) is 12.0 Å². The smallest absolute Gasteiger partial charge is 0.178 e. The van der Waals surface area contributed by atoms with Crippen molar-refractivity contribution in [2.75, 3.05) is 20.1 Å². The first kappa shape index (κ1) is 12.4. The molecule has 0 bridgehead atoms. The zero-order valence-electron chi connectivity index (χ0n) is 10.9. The van der Waals surface area contributed by atoms with Crippen LogP contribution in [0.3, 0.4) is 0 Å². The van der Waals surface area contributed by atoms with Gasteiger partial charge in [0, 0.05) is 13.1 Å². The van der Waals surface area contributed by atoms with Gasteiger partial charge in [0.05, 0.1) is 22.7 Å². The SMILES string of the molecule is CN1CCC(Cn2c(=S)[nH]c3ccc(C#N)cc32)C1. The van der Waals surface area contributed by atoms with Crippen molar-refractivity contribution in [1.29, 1.82) is 5.26 Å². The molecule has 0 radical (unpaired) electrons. The van der Waals surface area contributed by atoms with Gasteiger partial charge in [0.25, 0.3) is 0 Å². The van der Waals surface area contributed by atoms with Crippen molar-refractivity contribution < 1.29 is 0 Å².